The first-order valence-corrected chi connectivity index (χ1v) is 5.61. The Labute approximate surface area is 96.2 Å². The summed E-state index contributed by atoms with van der Waals surface area (Å²) in [6, 6.07) is 13.0. The van der Waals surface area contributed by atoms with Crippen molar-refractivity contribution >= 4 is 12.6 Å². The molecule has 0 saturated carbocycles. The first-order chi connectivity index (χ1) is 7.25. The molecule has 0 bridgehead atoms. The van der Waals surface area contributed by atoms with E-state index in [0.717, 1.165) is 11.3 Å². The molecule has 2 heteroatoms. The van der Waals surface area contributed by atoms with Crippen LogP contribution in [-0.2, 0) is 6.42 Å². The molecule has 15 heavy (non-hydrogen) atoms. The molecule has 0 radical (unpaired) electrons. The Bertz CT molecular complexity index is 403. The Morgan fingerprint density at radius 3 is 2.33 bits per heavy atom. The van der Waals surface area contributed by atoms with Gasteiger partial charge in [0.25, 0.3) is 0 Å². The molecule has 1 aromatic heterocycles. The molecule has 0 saturated heterocycles. The highest BCUT2D eigenvalue weighted by Gasteiger charge is 2.03. The summed E-state index contributed by atoms with van der Waals surface area (Å²) in [6.07, 6.45) is 5.28. The smallest absolute Gasteiger partial charge is 0.0342 e. The second kappa shape index (κ2) is 4.58. The maximum Gasteiger partial charge on any atom is 0.0342 e. The Kier molecular flexibility index (Phi) is 3.17. The van der Waals surface area contributed by atoms with E-state index in [2.05, 4.69) is 60.8 Å². The second-order valence-corrected chi connectivity index (χ2v) is 4.37. The number of hydrogen-bond donors (Lipinski definition) is 1. The van der Waals surface area contributed by atoms with Crippen molar-refractivity contribution in [3.8, 4) is 0 Å². The zero-order valence-corrected chi connectivity index (χ0v) is 9.69. The third kappa shape index (κ3) is 2.66. The molecule has 1 unspecified atom stereocenters. The summed E-state index contributed by atoms with van der Waals surface area (Å²) in [5, 5.41) is 0. The molecular formula is C13H15NS. The van der Waals surface area contributed by atoms with Gasteiger partial charge in [-0.1, -0.05) is 12.1 Å². The molecule has 2 aromatic rings. The van der Waals surface area contributed by atoms with Gasteiger partial charge in [0.2, 0.25) is 0 Å². The first kappa shape index (κ1) is 10.4. The van der Waals surface area contributed by atoms with Gasteiger partial charge in [0.1, 0.15) is 0 Å². The normalized spacial score (nSPS) is 12.7. The van der Waals surface area contributed by atoms with Crippen molar-refractivity contribution in [3.63, 3.8) is 0 Å². The van der Waals surface area contributed by atoms with Crippen molar-refractivity contribution in [2.45, 2.75) is 24.3 Å². The Morgan fingerprint density at radius 1 is 1.13 bits per heavy atom. The lowest BCUT2D eigenvalue weighted by Gasteiger charge is -2.13. The van der Waals surface area contributed by atoms with E-state index in [-0.39, 0.29) is 0 Å². The lowest BCUT2D eigenvalue weighted by molar-refractivity contribution is 0.547. The first-order valence-electron chi connectivity index (χ1n) is 5.16. The van der Waals surface area contributed by atoms with Crippen molar-refractivity contribution in [2.75, 3.05) is 0 Å². The number of benzene rings is 1. The number of thiol groups is 1. The Balaban J connectivity index is 2.06. The summed E-state index contributed by atoms with van der Waals surface area (Å²) in [5.41, 5.74) is 1.36. The Hall–Kier alpha value is -1.15. The molecule has 0 aliphatic carbocycles. The minimum absolute atomic E-state index is 0.505. The molecular weight excluding hydrogens is 202 g/mol. The molecule has 2 rings (SSSR count). The van der Waals surface area contributed by atoms with E-state index in [1.54, 1.807) is 0 Å². The standard InChI is InChI=1S/C13H15NS/c1-11(14-8-2-3-9-14)10-12-4-6-13(15)7-5-12/h2-9,11,15H,10H2,1H3. The Morgan fingerprint density at radius 2 is 1.73 bits per heavy atom. The number of aromatic nitrogens is 1. The minimum Gasteiger partial charge on any atom is -0.351 e. The van der Waals surface area contributed by atoms with Crippen LogP contribution in [0.1, 0.15) is 18.5 Å². The summed E-state index contributed by atoms with van der Waals surface area (Å²) in [4.78, 5) is 1.02. The van der Waals surface area contributed by atoms with Gasteiger partial charge in [0.15, 0.2) is 0 Å². The molecule has 0 spiro atoms. The van der Waals surface area contributed by atoms with Gasteiger partial charge in [0, 0.05) is 23.3 Å². The van der Waals surface area contributed by atoms with Crippen molar-refractivity contribution in [1.82, 2.24) is 4.57 Å². The van der Waals surface area contributed by atoms with Crippen LogP contribution in [0.4, 0.5) is 0 Å². The quantitative estimate of drug-likeness (QED) is 0.750. The van der Waals surface area contributed by atoms with E-state index in [9.17, 15) is 0 Å². The van der Waals surface area contributed by atoms with Gasteiger partial charge in [-0.05, 0) is 43.2 Å². The molecule has 0 aliphatic rings. The van der Waals surface area contributed by atoms with E-state index in [1.807, 2.05) is 12.1 Å². The van der Waals surface area contributed by atoms with Gasteiger partial charge >= 0.3 is 0 Å². The fourth-order valence-corrected chi connectivity index (χ4v) is 1.87. The number of nitrogens with zero attached hydrogens (tertiary/aromatic N) is 1. The SMILES string of the molecule is CC(Cc1ccc(S)cc1)n1cccc1. The second-order valence-electron chi connectivity index (χ2n) is 3.85. The van der Waals surface area contributed by atoms with Gasteiger partial charge in [0.05, 0.1) is 0 Å². The largest absolute Gasteiger partial charge is 0.351 e. The summed E-state index contributed by atoms with van der Waals surface area (Å²) in [5.74, 6) is 0. The number of rotatable bonds is 3. The van der Waals surface area contributed by atoms with Crippen LogP contribution in [0.25, 0.3) is 0 Å². The predicted octanol–water partition coefficient (Wildman–Crippen LogP) is 3.58. The summed E-state index contributed by atoms with van der Waals surface area (Å²) in [7, 11) is 0. The van der Waals surface area contributed by atoms with Gasteiger partial charge in [-0.25, -0.2) is 0 Å². The van der Waals surface area contributed by atoms with Crippen molar-refractivity contribution in [1.29, 1.82) is 0 Å². The van der Waals surface area contributed by atoms with Crippen molar-refractivity contribution < 1.29 is 0 Å². The monoisotopic (exact) mass is 217 g/mol. The summed E-state index contributed by atoms with van der Waals surface area (Å²) >= 11 is 4.28. The van der Waals surface area contributed by atoms with Crippen LogP contribution in [0.2, 0.25) is 0 Å². The van der Waals surface area contributed by atoms with E-state index in [4.69, 9.17) is 0 Å². The molecule has 78 valence electrons. The molecule has 0 aliphatic heterocycles. The molecule has 1 nitrogen and oxygen atoms in total. The maximum absolute atomic E-state index is 4.28. The van der Waals surface area contributed by atoms with Crippen LogP contribution in [0.5, 0.6) is 0 Å². The lowest BCUT2D eigenvalue weighted by Crippen LogP contribution is -2.05. The minimum atomic E-state index is 0.505. The van der Waals surface area contributed by atoms with E-state index in [0.29, 0.717) is 6.04 Å². The van der Waals surface area contributed by atoms with Crippen LogP contribution >= 0.6 is 12.6 Å². The molecule has 0 amide bonds. The maximum atomic E-state index is 4.28. The zero-order valence-electron chi connectivity index (χ0n) is 8.80. The average molecular weight is 217 g/mol. The van der Waals surface area contributed by atoms with E-state index in [1.165, 1.54) is 5.56 Å². The van der Waals surface area contributed by atoms with Gasteiger partial charge < -0.3 is 4.57 Å². The van der Waals surface area contributed by atoms with Gasteiger partial charge in [-0.3, -0.25) is 0 Å². The third-order valence-electron chi connectivity index (χ3n) is 2.60. The van der Waals surface area contributed by atoms with Gasteiger partial charge in [-0.15, -0.1) is 12.6 Å². The fourth-order valence-electron chi connectivity index (χ4n) is 1.72. The number of hydrogen-bond acceptors (Lipinski definition) is 1. The average Bonchev–Trinajstić information content (AvgIpc) is 2.74. The van der Waals surface area contributed by atoms with Crippen LogP contribution in [0.15, 0.2) is 53.7 Å². The lowest BCUT2D eigenvalue weighted by atomic mass is 10.1. The molecule has 1 atom stereocenters. The molecule has 1 aromatic carbocycles. The van der Waals surface area contributed by atoms with Crippen LogP contribution < -0.4 is 0 Å². The van der Waals surface area contributed by atoms with Crippen LogP contribution in [-0.4, -0.2) is 4.57 Å². The fraction of sp³-hybridized carbons (Fsp3) is 0.231. The van der Waals surface area contributed by atoms with Crippen molar-refractivity contribution in [2.24, 2.45) is 0 Å². The molecule has 0 N–H and O–H groups in total. The highest BCUT2D eigenvalue weighted by Crippen LogP contribution is 2.15. The van der Waals surface area contributed by atoms with E-state index >= 15 is 0 Å². The highest BCUT2D eigenvalue weighted by atomic mass is 32.1. The predicted molar refractivity (Wildman–Crippen MR) is 66.5 cm³/mol. The van der Waals surface area contributed by atoms with Crippen molar-refractivity contribution in [3.05, 3.63) is 54.4 Å². The van der Waals surface area contributed by atoms with Gasteiger partial charge in [-0.2, -0.15) is 0 Å². The third-order valence-corrected chi connectivity index (χ3v) is 2.90. The topological polar surface area (TPSA) is 4.93 Å². The van der Waals surface area contributed by atoms with E-state index < -0.39 is 0 Å². The van der Waals surface area contributed by atoms with Crippen LogP contribution in [0.3, 0.4) is 0 Å². The zero-order chi connectivity index (χ0) is 10.7. The summed E-state index contributed by atoms with van der Waals surface area (Å²) < 4.78 is 2.23. The highest BCUT2D eigenvalue weighted by molar-refractivity contribution is 7.80. The summed E-state index contributed by atoms with van der Waals surface area (Å²) in [6.45, 7) is 2.23. The van der Waals surface area contributed by atoms with Crippen LogP contribution in [0, 0.1) is 0 Å². The molecule has 0 fully saturated rings. The molecule has 1 heterocycles.